The van der Waals surface area contributed by atoms with Gasteiger partial charge in [0.2, 0.25) is 10.0 Å². The molecule has 0 aliphatic carbocycles. The van der Waals surface area contributed by atoms with Gasteiger partial charge < -0.3 is 0 Å². The Morgan fingerprint density at radius 2 is 2.18 bits per heavy atom. The van der Waals surface area contributed by atoms with Gasteiger partial charge in [0.25, 0.3) is 0 Å². The van der Waals surface area contributed by atoms with Crippen LogP contribution >= 0.6 is 11.6 Å². The van der Waals surface area contributed by atoms with E-state index in [-0.39, 0.29) is 16.5 Å². The fraction of sp³-hybridized carbons (Fsp3) is 0.111. The summed E-state index contributed by atoms with van der Waals surface area (Å²) >= 11 is 5.85. The molecule has 1 aromatic heterocycles. The number of rotatable bonds is 3. The standard InChI is InChI=1S/C9H9ClN4O2S/c10-8-3-1-2-7(9(8)17(11,15)16)4-14-6-12-5-13-14/h1-3,5-6H,4H2,(H2,11,15,16). The summed E-state index contributed by atoms with van der Waals surface area (Å²) in [5.41, 5.74) is 0.477. The number of hydrogen-bond donors (Lipinski definition) is 1. The molecule has 0 bridgehead atoms. The highest BCUT2D eigenvalue weighted by molar-refractivity contribution is 7.89. The number of nitrogens with zero attached hydrogens (tertiary/aromatic N) is 3. The first-order valence-corrected chi connectivity index (χ1v) is 6.53. The van der Waals surface area contributed by atoms with E-state index < -0.39 is 10.0 Å². The Morgan fingerprint density at radius 3 is 2.76 bits per heavy atom. The van der Waals surface area contributed by atoms with Crippen molar-refractivity contribution in [1.29, 1.82) is 0 Å². The van der Waals surface area contributed by atoms with Crippen LogP contribution in [0.3, 0.4) is 0 Å². The van der Waals surface area contributed by atoms with Crippen LogP contribution in [0.4, 0.5) is 0 Å². The van der Waals surface area contributed by atoms with Crippen LogP contribution in [0.1, 0.15) is 5.56 Å². The van der Waals surface area contributed by atoms with E-state index in [0.29, 0.717) is 5.56 Å². The molecule has 17 heavy (non-hydrogen) atoms. The van der Waals surface area contributed by atoms with Crippen LogP contribution in [-0.2, 0) is 16.6 Å². The van der Waals surface area contributed by atoms with E-state index in [0.717, 1.165) is 0 Å². The Labute approximate surface area is 103 Å². The first kappa shape index (κ1) is 12.0. The SMILES string of the molecule is NS(=O)(=O)c1c(Cl)cccc1Cn1cncn1. The van der Waals surface area contributed by atoms with Gasteiger partial charge >= 0.3 is 0 Å². The molecular formula is C9H9ClN4O2S. The zero-order chi connectivity index (χ0) is 12.5. The lowest BCUT2D eigenvalue weighted by Crippen LogP contribution is -2.16. The Kier molecular flexibility index (Phi) is 3.14. The van der Waals surface area contributed by atoms with Crippen LogP contribution in [0, 0.1) is 0 Å². The van der Waals surface area contributed by atoms with Gasteiger partial charge in [-0.25, -0.2) is 23.2 Å². The van der Waals surface area contributed by atoms with E-state index in [1.807, 2.05) is 0 Å². The predicted octanol–water partition coefficient (Wildman–Crippen LogP) is 0.627. The van der Waals surface area contributed by atoms with Gasteiger partial charge in [-0.3, -0.25) is 0 Å². The monoisotopic (exact) mass is 272 g/mol. The van der Waals surface area contributed by atoms with Crippen LogP contribution in [0.15, 0.2) is 35.7 Å². The van der Waals surface area contributed by atoms with Gasteiger partial charge in [-0.2, -0.15) is 5.10 Å². The lowest BCUT2D eigenvalue weighted by molar-refractivity contribution is 0.594. The summed E-state index contributed by atoms with van der Waals surface area (Å²) in [5.74, 6) is 0. The molecular weight excluding hydrogens is 264 g/mol. The Balaban J connectivity index is 2.51. The smallest absolute Gasteiger partial charge is 0.239 e. The van der Waals surface area contributed by atoms with Gasteiger partial charge in [0.15, 0.2) is 0 Å². The van der Waals surface area contributed by atoms with Crippen molar-refractivity contribution in [1.82, 2.24) is 14.8 Å². The predicted molar refractivity (Wildman–Crippen MR) is 61.9 cm³/mol. The highest BCUT2D eigenvalue weighted by Gasteiger charge is 2.18. The molecule has 1 heterocycles. The van der Waals surface area contributed by atoms with Crippen molar-refractivity contribution in [3.8, 4) is 0 Å². The van der Waals surface area contributed by atoms with Gasteiger partial charge in [-0.1, -0.05) is 23.7 Å². The Morgan fingerprint density at radius 1 is 1.41 bits per heavy atom. The summed E-state index contributed by atoms with van der Waals surface area (Å²) in [7, 11) is -3.86. The summed E-state index contributed by atoms with van der Waals surface area (Å²) in [6.45, 7) is 0.242. The molecule has 0 aliphatic rings. The molecule has 0 atom stereocenters. The average molecular weight is 273 g/mol. The summed E-state index contributed by atoms with van der Waals surface area (Å²) in [6, 6.07) is 4.77. The molecule has 0 amide bonds. The summed E-state index contributed by atoms with van der Waals surface area (Å²) < 4.78 is 24.4. The number of hydrogen-bond acceptors (Lipinski definition) is 4. The molecule has 0 aliphatic heterocycles. The number of primary sulfonamides is 1. The molecule has 0 saturated carbocycles. The number of benzene rings is 1. The second kappa shape index (κ2) is 4.44. The van der Waals surface area contributed by atoms with Crippen LogP contribution < -0.4 is 5.14 Å². The van der Waals surface area contributed by atoms with Crippen molar-refractivity contribution in [2.75, 3.05) is 0 Å². The molecule has 0 unspecified atom stereocenters. The number of sulfonamides is 1. The third-order valence-electron chi connectivity index (χ3n) is 2.13. The van der Waals surface area contributed by atoms with Crippen molar-refractivity contribution in [3.05, 3.63) is 41.4 Å². The summed E-state index contributed by atoms with van der Waals surface area (Å²) in [4.78, 5) is 3.70. The third kappa shape index (κ3) is 2.63. The number of nitrogens with two attached hydrogens (primary N) is 1. The molecule has 6 nitrogen and oxygen atoms in total. The maximum absolute atomic E-state index is 11.5. The zero-order valence-corrected chi connectivity index (χ0v) is 10.2. The quantitative estimate of drug-likeness (QED) is 0.887. The lowest BCUT2D eigenvalue weighted by Gasteiger charge is -2.09. The topological polar surface area (TPSA) is 90.9 Å². The van der Waals surface area contributed by atoms with Crippen LogP contribution in [0.5, 0.6) is 0 Å². The molecule has 90 valence electrons. The second-order valence-corrected chi connectivity index (χ2v) is 5.27. The maximum Gasteiger partial charge on any atom is 0.239 e. The minimum Gasteiger partial charge on any atom is -0.249 e. The molecule has 8 heteroatoms. The van der Waals surface area contributed by atoms with Crippen molar-refractivity contribution in [3.63, 3.8) is 0 Å². The molecule has 0 saturated heterocycles. The molecule has 0 radical (unpaired) electrons. The minimum atomic E-state index is -3.86. The normalized spacial score (nSPS) is 11.6. The second-order valence-electron chi connectivity index (χ2n) is 3.37. The van der Waals surface area contributed by atoms with Gasteiger partial charge in [-0.15, -0.1) is 0 Å². The molecule has 0 fully saturated rings. The molecule has 2 aromatic rings. The Bertz CT molecular complexity index is 624. The third-order valence-corrected chi connectivity index (χ3v) is 3.61. The minimum absolute atomic E-state index is 0.0721. The van der Waals surface area contributed by atoms with Gasteiger partial charge in [0.05, 0.1) is 11.6 Å². The van der Waals surface area contributed by atoms with Crippen LogP contribution in [-0.4, -0.2) is 23.2 Å². The largest absolute Gasteiger partial charge is 0.249 e. The summed E-state index contributed by atoms with van der Waals surface area (Å²) in [6.07, 6.45) is 2.84. The average Bonchev–Trinajstić information content (AvgIpc) is 2.68. The zero-order valence-electron chi connectivity index (χ0n) is 8.62. The Hall–Kier alpha value is -1.44. The lowest BCUT2D eigenvalue weighted by atomic mass is 10.2. The molecule has 2 N–H and O–H groups in total. The molecule has 0 spiro atoms. The van der Waals surface area contributed by atoms with Gasteiger partial charge in [-0.05, 0) is 11.6 Å². The first-order chi connectivity index (χ1) is 7.98. The van der Waals surface area contributed by atoms with Gasteiger partial charge in [0.1, 0.15) is 17.6 Å². The first-order valence-electron chi connectivity index (χ1n) is 4.61. The van der Waals surface area contributed by atoms with Gasteiger partial charge in [0, 0.05) is 0 Å². The van der Waals surface area contributed by atoms with E-state index >= 15 is 0 Å². The summed E-state index contributed by atoms with van der Waals surface area (Å²) in [5, 5.41) is 9.12. The van der Waals surface area contributed by atoms with Crippen molar-refractivity contribution < 1.29 is 8.42 Å². The highest BCUT2D eigenvalue weighted by atomic mass is 35.5. The molecule has 2 rings (SSSR count). The van der Waals surface area contributed by atoms with Crippen LogP contribution in [0.2, 0.25) is 5.02 Å². The fourth-order valence-electron chi connectivity index (χ4n) is 1.49. The van der Waals surface area contributed by atoms with Crippen molar-refractivity contribution in [2.45, 2.75) is 11.4 Å². The van der Waals surface area contributed by atoms with E-state index in [4.69, 9.17) is 16.7 Å². The maximum atomic E-state index is 11.5. The fourth-order valence-corrected chi connectivity index (χ4v) is 2.84. The highest BCUT2D eigenvalue weighted by Crippen LogP contribution is 2.24. The van der Waals surface area contributed by atoms with E-state index in [2.05, 4.69) is 10.1 Å². The van der Waals surface area contributed by atoms with Crippen LogP contribution in [0.25, 0.3) is 0 Å². The number of halogens is 1. The van der Waals surface area contributed by atoms with Crippen molar-refractivity contribution in [2.24, 2.45) is 5.14 Å². The van der Waals surface area contributed by atoms with E-state index in [1.165, 1.54) is 23.4 Å². The van der Waals surface area contributed by atoms with E-state index in [1.54, 1.807) is 12.1 Å². The number of aromatic nitrogens is 3. The molecule has 1 aromatic carbocycles. The van der Waals surface area contributed by atoms with Crippen molar-refractivity contribution >= 4 is 21.6 Å². The van der Waals surface area contributed by atoms with E-state index in [9.17, 15) is 8.42 Å².